The lowest BCUT2D eigenvalue weighted by molar-refractivity contribution is 0.226. The number of aromatic nitrogens is 1. The molecule has 0 aliphatic carbocycles. The highest BCUT2D eigenvalue weighted by Gasteiger charge is 2.53. The monoisotopic (exact) mass is 244 g/mol. The second kappa shape index (κ2) is 3.80. The SMILES string of the molecule is Cc1cc(C)c(C2C(C)N3CCC2(C)C3)c(C)n1. The van der Waals surface area contributed by atoms with Crippen molar-refractivity contribution in [2.45, 2.75) is 53.0 Å². The number of pyridine rings is 1. The summed E-state index contributed by atoms with van der Waals surface area (Å²) in [5, 5.41) is 0. The van der Waals surface area contributed by atoms with Gasteiger partial charge in [-0.05, 0) is 63.3 Å². The molecule has 2 aliphatic heterocycles. The highest BCUT2D eigenvalue weighted by Crippen LogP contribution is 2.54. The van der Waals surface area contributed by atoms with E-state index >= 15 is 0 Å². The van der Waals surface area contributed by atoms with E-state index in [-0.39, 0.29) is 0 Å². The van der Waals surface area contributed by atoms with Gasteiger partial charge in [0.1, 0.15) is 0 Å². The molecule has 1 aromatic heterocycles. The van der Waals surface area contributed by atoms with Crippen LogP contribution in [0, 0.1) is 26.2 Å². The topological polar surface area (TPSA) is 16.1 Å². The van der Waals surface area contributed by atoms with Crippen molar-refractivity contribution < 1.29 is 0 Å². The molecule has 0 radical (unpaired) electrons. The van der Waals surface area contributed by atoms with Gasteiger partial charge >= 0.3 is 0 Å². The number of rotatable bonds is 1. The number of piperidine rings is 1. The Kier molecular flexibility index (Phi) is 2.57. The van der Waals surface area contributed by atoms with Crippen LogP contribution in [0.5, 0.6) is 0 Å². The standard InChI is InChI=1S/C16H24N2/c1-10-8-11(2)17-12(3)14(10)15-13(4)18-7-6-16(15,5)9-18/h8,13,15H,6-7,9H2,1-5H3. The van der Waals surface area contributed by atoms with Gasteiger partial charge in [0.05, 0.1) is 0 Å². The number of hydrogen-bond donors (Lipinski definition) is 0. The van der Waals surface area contributed by atoms with Gasteiger partial charge in [-0.15, -0.1) is 0 Å². The van der Waals surface area contributed by atoms with Crippen LogP contribution in [0.1, 0.15) is 48.7 Å². The molecule has 0 aromatic carbocycles. The van der Waals surface area contributed by atoms with Gasteiger partial charge in [0.15, 0.2) is 0 Å². The van der Waals surface area contributed by atoms with Crippen molar-refractivity contribution >= 4 is 0 Å². The zero-order valence-corrected chi connectivity index (χ0v) is 12.2. The van der Waals surface area contributed by atoms with E-state index in [1.165, 1.54) is 36.3 Å². The van der Waals surface area contributed by atoms with Gasteiger partial charge in [0.25, 0.3) is 0 Å². The fraction of sp³-hybridized carbons (Fsp3) is 0.688. The van der Waals surface area contributed by atoms with Crippen LogP contribution >= 0.6 is 0 Å². The molecule has 3 rings (SSSR count). The van der Waals surface area contributed by atoms with Crippen LogP contribution in [-0.4, -0.2) is 29.0 Å². The smallest absolute Gasteiger partial charge is 0.0414 e. The third-order valence-electron chi connectivity index (χ3n) is 5.24. The summed E-state index contributed by atoms with van der Waals surface area (Å²) in [5.74, 6) is 0.666. The molecule has 2 aliphatic rings. The molecular weight excluding hydrogens is 220 g/mol. The predicted molar refractivity (Wildman–Crippen MR) is 74.9 cm³/mol. The molecule has 0 saturated carbocycles. The molecule has 4 atom stereocenters. The van der Waals surface area contributed by atoms with Crippen molar-refractivity contribution in [1.29, 1.82) is 0 Å². The van der Waals surface area contributed by atoms with Gasteiger partial charge in [-0.1, -0.05) is 6.92 Å². The van der Waals surface area contributed by atoms with Gasteiger partial charge in [0, 0.05) is 29.9 Å². The minimum atomic E-state index is 0.464. The van der Waals surface area contributed by atoms with Crippen LogP contribution in [0.25, 0.3) is 0 Å². The zero-order valence-electron chi connectivity index (χ0n) is 12.2. The second-order valence-corrected chi connectivity index (χ2v) is 6.67. The minimum Gasteiger partial charge on any atom is -0.299 e. The van der Waals surface area contributed by atoms with Crippen molar-refractivity contribution in [3.8, 4) is 0 Å². The van der Waals surface area contributed by atoms with E-state index in [1.54, 1.807) is 0 Å². The Labute approximate surface area is 110 Å². The Hall–Kier alpha value is -0.890. The molecule has 3 heterocycles. The predicted octanol–water partition coefficient (Wildman–Crippen LogP) is 3.20. The Morgan fingerprint density at radius 3 is 2.61 bits per heavy atom. The van der Waals surface area contributed by atoms with Crippen molar-refractivity contribution in [2.75, 3.05) is 13.1 Å². The fourth-order valence-electron chi connectivity index (χ4n) is 4.51. The van der Waals surface area contributed by atoms with Gasteiger partial charge in [0.2, 0.25) is 0 Å². The Balaban J connectivity index is 2.11. The van der Waals surface area contributed by atoms with Crippen LogP contribution in [0.3, 0.4) is 0 Å². The van der Waals surface area contributed by atoms with E-state index in [4.69, 9.17) is 4.98 Å². The maximum absolute atomic E-state index is 4.71. The summed E-state index contributed by atoms with van der Waals surface area (Å²) in [6, 6.07) is 2.92. The van der Waals surface area contributed by atoms with Crippen molar-refractivity contribution in [2.24, 2.45) is 5.41 Å². The summed E-state index contributed by atoms with van der Waals surface area (Å²) in [6.07, 6.45) is 1.34. The van der Waals surface area contributed by atoms with E-state index in [0.717, 1.165) is 5.69 Å². The van der Waals surface area contributed by atoms with Crippen molar-refractivity contribution in [3.63, 3.8) is 0 Å². The van der Waals surface area contributed by atoms with Crippen molar-refractivity contribution in [1.82, 2.24) is 9.88 Å². The average molecular weight is 244 g/mol. The second-order valence-electron chi connectivity index (χ2n) is 6.67. The first-order valence-electron chi connectivity index (χ1n) is 7.11. The molecule has 18 heavy (non-hydrogen) atoms. The summed E-state index contributed by atoms with van der Waals surface area (Å²) in [5.41, 5.74) is 5.82. The molecule has 0 amide bonds. The van der Waals surface area contributed by atoms with E-state index in [0.29, 0.717) is 17.4 Å². The molecular formula is C16H24N2. The number of fused-ring (bicyclic) bond motifs is 2. The number of hydrogen-bond acceptors (Lipinski definition) is 2. The Morgan fingerprint density at radius 1 is 1.33 bits per heavy atom. The van der Waals surface area contributed by atoms with E-state index in [1.807, 2.05) is 0 Å². The molecule has 4 unspecified atom stereocenters. The third-order valence-corrected chi connectivity index (χ3v) is 5.24. The first-order chi connectivity index (χ1) is 8.42. The molecule has 98 valence electrons. The molecule has 2 fully saturated rings. The zero-order chi connectivity index (χ0) is 13.1. The fourth-order valence-corrected chi connectivity index (χ4v) is 4.51. The van der Waals surface area contributed by atoms with Crippen LogP contribution < -0.4 is 0 Å². The van der Waals surface area contributed by atoms with Gasteiger partial charge < -0.3 is 0 Å². The van der Waals surface area contributed by atoms with Gasteiger partial charge in [-0.2, -0.15) is 0 Å². The molecule has 2 saturated heterocycles. The minimum absolute atomic E-state index is 0.464. The first kappa shape index (κ1) is 12.2. The summed E-state index contributed by atoms with van der Waals surface area (Å²) in [7, 11) is 0. The normalized spacial score (nSPS) is 38.4. The third kappa shape index (κ3) is 1.55. The average Bonchev–Trinajstić information content (AvgIpc) is 2.74. The molecule has 2 heteroatoms. The van der Waals surface area contributed by atoms with Crippen LogP contribution in [0.2, 0.25) is 0 Å². The largest absolute Gasteiger partial charge is 0.299 e. The maximum Gasteiger partial charge on any atom is 0.0414 e. The lowest BCUT2D eigenvalue weighted by Crippen LogP contribution is -2.35. The van der Waals surface area contributed by atoms with Crippen LogP contribution in [-0.2, 0) is 0 Å². The van der Waals surface area contributed by atoms with E-state index in [2.05, 4.69) is 45.6 Å². The number of nitrogens with zero attached hydrogens (tertiary/aromatic N) is 2. The highest BCUT2D eigenvalue weighted by molar-refractivity contribution is 5.38. The van der Waals surface area contributed by atoms with Crippen LogP contribution in [0.15, 0.2) is 6.07 Å². The van der Waals surface area contributed by atoms with Gasteiger partial charge in [-0.3, -0.25) is 9.88 Å². The molecule has 0 spiro atoms. The summed E-state index contributed by atoms with van der Waals surface area (Å²) < 4.78 is 0. The molecule has 1 aromatic rings. The first-order valence-corrected chi connectivity index (χ1v) is 7.11. The quantitative estimate of drug-likeness (QED) is 0.754. The molecule has 0 N–H and O–H groups in total. The summed E-state index contributed by atoms with van der Waals surface area (Å²) >= 11 is 0. The van der Waals surface area contributed by atoms with E-state index in [9.17, 15) is 0 Å². The van der Waals surface area contributed by atoms with Gasteiger partial charge in [-0.25, -0.2) is 0 Å². The maximum atomic E-state index is 4.71. The number of aryl methyl sites for hydroxylation is 3. The Morgan fingerprint density at radius 2 is 2.06 bits per heavy atom. The lowest BCUT2D eigenvalue weighted by Gasteiger charge is -2.37. The molecule has 2 bridgehead atoms. The summed E-state index contributed by atoms with van der Waals surface area (Å²) in [4.78, 5) is 7.37. The summed E-state index contributed by atoms with van der Waals surface area (Å²) in [6.45, 7) is 14.0. The lowest BCUT2D eigenvalue weighted by atomic mass is 9.69. The van der Waals surface area contributed by atoms with Crippen molar-refractivity contribution in [3.05, 3.63) is 28.6 Å². The van der Waals surface area contributed by atoms with E-state index < -0.39 is 0 Å². The molecule has 2 nitrogen and oxygen atoms in total. The highest BCUT2D eigenvalue weighted by atomic mass is 15.2. The van der Waals surface area contributed by atoms with Crippen LogP contribution in [0.4, 0.5) is 0 Å². The Bertz CT molecular complexity index is 471.